The molecule has 0 bridgehead atoms. The summed E-state index contributed by atoms with van der Waals surface area (Å²) in [6.07, 6.45) is 0. The van der Waals surface area contributed by atoms with E-state index in [1.54, 1.807) is 12.1 Å². The number of rotatable bonds is 2. The molecule has 0 atom stereocenters. The van der Waals surface area contributed by atoms with Crippen molar-refractivity contribution >= 4 is 12.2 Å². The van der Waals surface area contributed by atoms with Gasteiger partial charge in [-0.05, 0) is 37.1 Å². The number of nitrogens with two attached hydrogens (primary N) is 1. The molecule has 0 fully saturated rings. The van der Waals surface area contributed by atoms with E-state index in [-0.39, 0.29) is 0 Å². The molecule has 1 rings (SSSR count). The topological polar surface area (TPSA) is 52.3 Å². The fourth-order valence-corrected chi connectivity index (χ4v) is 1.22. The van der Waals surface area contributed by atoms with Gasteiger partial charge in [0.05, 0.1) is 0 Å². The molecule has 3 heteroatoms. The lowest BCUT2D eigenvalue weighted by atomic mass is 10.1. The Morgan fingerprint density at radius 1 is 1.33 bits per heavy atom. The van der Waals surface area contributed by atoms with E-state index in [4.69, 9.17) is 10.5 Å². The van der Waals surface area contributed by atoms with Crippen LogP contribution in [0.15, 0.2) is 12.1 Å². The largest absolute Gasteiger partial charge is 0.428 e. The van der Waals surface area contributed by atoms with Gasteiger partial charge in [0.25, 0.3) is 6.47 Å². The van der Waals surface area contributed by atoms with Gasteiger partial charge in [-0.15, -0.1) is 0 Å². The minimum atomic E-state index is 0.422. The van der Waals surface area contributed by atoms with Gasteiger partial charge in [-0.25, -0.2) is 0 Å². The molecule has 2 N–H and O–H groups in total. The van der Waals surface area contributed by atoms with Gasteiger partial charge in [-0.1, -0.05) is 0 Å². The molecule has 0 saturated heterocycles. The van der Waals surface area contributed by atoms with Crippen LogP contribution in [0.25, 0.3) is 0 Å². The normalized spacial score (nSPS) is 9.50. The standard InChI is InChI=1S/C9H11NO2/c1-6-3-8(10)4-7(2)9(6)12-5-11/h3-5H,10H2,1-2H3. The van der Waals surface area contributed by atoms with Crippen LogP contribution in [0.1, 0.15) is 11.1 Å². The molecule has 0 heterocycles. The van der Waals surface area contributed by atoms with Crippen LogP contribution in [0.3, 0.4) is 0 Å². The highest BCUT2D eigenvalue weighted by Crippen LogP contribution is 2.24. The van der Waals surface area contributed by atoms with Gasteiger partial charge in [0.2, 0.25) is 0 Å². The van der Waals surface area contributed by atoms with E-state index in [0.717, 1.165) is 11.1 Å². The van der Waals surface area contributed by atoms with E-state index in [2.05, 4.69) is 0 Å². The molecule has 0 amide bonds. The number of ether oxygens (including phenoxy) is 1. The van der Waals surface area contributed by atoms with Crippen molar-refractivity contribution in [2.75, 3.05) is 5.73 Å². The lowest BCUT2D eigenvalue weighted by molar-refractivity contribution is -0.120. The Morgan fingerprint density at radius 3 is 2.25 bits per heavy atom. The lowest BCUT2D eigenvalue weighted by Gasteiger charge is -2.07. The van der Waals surface area contributed by atoms with E-state index in [1.165, 1.54) is 0 Å². The Labute approximate surface area is 71.1 Å². The molecule has 0 aromatic heterocycles. The Bertz CT molecular complexity index is 284. The summed E-state index contributed by atoms with van der Waals surface area (Å²) >= 11 is 0. The molecule has 1 aromatic carbocycles. The highest BCUT2D eigenvalue weighted by Gasteiger charge is 2.03. The minimum Gasteiger partial charge on any atom is -0.428 e. The van der Waals surface area contributed by atoms with Crippen molar-refractivity contribution in [1.82, 2.24) is 0 Å². The summed E-state index contributed by atoms with van der Waals surface area (Å²) in [4.78, 5) is 10.1. The van der Waals surface area contributed by atoms with Gasteiger partial charge in [-0.2, -0.15) is 0 Å². The van der Waals surface area contributed by atoms with E-state index in [9.17, 15) is 4.79 Å². The molecule has 64 valence electrons. The maximum Gasteiger partial charge on any atom is 0.298 e. The molecule has 0 aliphatic carbocycles. The van der Waals surface area contributed by atoms with Crippen molar-refractivity contribution in [3.63, 3.8) is 0 Å². The molecule has 0 spiro atoms. The van der Waals surface area contributed by atoms with Gasteiger partial charge in [0.1, 0.15) is 5.75 Å². The summed E-state index contributed by atoms with van der Waals surface area (Å²) in [6, 6.07) is 3.54. The van der Waals surface area contributed by atoms with Crippen LogP contribution in [0, 0.1) is 13.8 Å². The smallest absolute Gasteiger partial charge is 0.298 e. The summed E-state index contributed by atoms with van der Waals surface area (Å²) in [5, 5.41) is 0. The number of hydrogen-bond donors (Lipinski definition) is 1. The number of carbonyl (C=O) groups is 1. The molecule has 0 unspecified atom stereocenters. The van der Waals surface area contributed by atoms with Crippen LogP contribution in [0.4, 0.5) is 5.69 Å². The molecule has 0 aliphatic heterocycles. The van der Waals surface area contributed by atoms with Gasteiger partial charge >= 0.3 is 0 Å². The highest BCUT2D eigenvalue weighted by atomic mass is 16.5. The molecule has 0 saturated carbocycles. The first kappa shape index (κ1) is 8.59. The first-order valence-electron chi connectivity index (χ1n) is 3.62. The van der Waals surface area contributed by atoms with Crippen LogP contribution in [0.5, 0.6) is 5.75 Å². The third-order valence-electron chi connectivity index (χ3n) is 1.65. The zero-order valence-corrected chi connectivity index (χ0v) is 7.13. The van der Waals surface area contributed by atoms with Crippen LogP contribution in [-0.2, 0) is 4.79 Å². The Morgan fingerprint density at radius 2 is 1.83 bits per heavy atom. The first-order chi connectivity index (χ1) is 5.65. The SMILES string of the molecule is Cc1cc(N)cc(C)c1OC=O. The molecule has 0 aliphatic rings. The van der Waals surface area contributed by atoms with E-state index >= 15 is 0 Å². The van der Waals surface area contributed by atoms with E-state index in [0.29, 0.717) is 17.9 Å². The van der Waals surface area contributed by atoms with Crippen LogP contribution in [0.2, 0.25) is 0 Å². The van der Waals surface area contributed by atoms with E-state index in [1.807, 2.05) is 13.8 Å². The maximum atomic E-state index is 10.1. The molecular weight excluding hydrogens is 154 g/mol. The van der Waals surface area contributed by atoms with Crippen LogP contribution < -0.4 is 10.5 Å². The fourth-order valence-electron chi connectivity index (χ4n) is 1.22. The second kappa shape index (κ2) is 3.26. The van der Waals surface area contributed by atoms with Gasteiger partial charge in [-0.3, -0.25) is 4.79 Å². The Balaban J connectivity index is 3.18. The molecular formula is C9H11NO2. The first-order valence-corrected chi connectivity index (χ1v) is 3.62. The Kier molecular flexibility index (Phi) is 2.33. The van der Waals surface area contributed by atoms with Crippen molar-refractivity contribution in [3.05, 3.63) is 23.3 Å². The average Bonchev–Trinajstić information content (AvgIpc) is 1.96. The minimum absolute atomic E-state index is 0.422. The predicted octanol–water partition coefficient (Wildman–Crippen LogP) is 1.42. The van der Waals surface area contributed by atoms with Crippen molar-refractivity contribution in [1.29, 1.82) is 0 Å². The van der Waals surface area contributed by atoms with Gasteiger partial charge in [0.15, 0.2) is 0 Å². The zero-order valence-electron chi connectivity index (χ0n) is 7.13. The molecule has 0 radical (unpaired) electrons. The summed E-state index contributed by atoms with van der Waals surface area (Å²) in [5.74, 6) is 0.596. The van der Waals surface area contributed by atoms with Crippen LogP contribution in [-0.4, -0.2) is 6.47 Å². The third-order valence-corrected chi connectivity index (χ3v) is 1.65. The summed E-state index contributed by atoms with van der Waals surface area (Å²) in [5.41, 5.74) is 8.01. The van der Waals surface area contributed by atoms with Crippen molar-refractivity contribution in [2.24, 2.45) is 0 Å². The fraction of sp³-hybridized carbons (Fsp3) is 0.222. The zero-order chi connectivity index (χ0) is 9.14. The third kappa shape index (κ3) is 1.56. The summed E-state index contributed by atoms with van der Waals surface area (Å²) in [7, 11) is 0. The molecule has 3 nitrogen and oxygen atoms in total. The van der Waals surface area contributed by atoms with E-state index < -0.39 is 0 Å². The average molecular weight is 165 g/mol. The second-order valence-corrected chi connectivity index (χ2v) is 2.70. The quantitative estimate of drug-likeness (QED) is 0.532. The number of nitrogen functional groups attached to an aromatic ring is 1. The number of benzene rings is 1. The molecule has 12 heavy (non-hydrogen) atoms. The highest BCUT2D eigenvalue weighted by molar-refractivity contribution is 5.56. The number of anilines is 1. The maximum absolute atomic E-state index is 10.1. The second-order valence-electron chi connectivity index (χ2n) is 2.70. The van der Waals surface area contributed by atoms with Crippen molar-refractivity contribution in [3.8, 4) is 5.75 Å². The lowest BCUT2D eigenvalue weighted by Crippen LogP contribution is -1.96. The summed E-state index contributed by atoms with van der Waals surface area (Å²) < 4.78 is 4.79. The molecule has 1 aromatic rings. The predicted molar refractivity (Wildman–Crippen MR) is 47.0 cm³/mol. The van der Waals surface area contributed by atoms with Crippen LogP contribution >= 0.6 is 0 Å². The Hall–Kier alpha value is -1.51. The van der Waals surface area contributed by atoms with Gasteiger partial charge < -0.3 is 10.5 Å². The number of carbonyl (C=O) groups excluding carboxylic acids is 1. The van der Waals surface area contributed by atoms with Crippen molar-refractivity contribution < 1.29 is 9.53 Å². The monoisotopic (exact) mass is 165 g/mol. The van der Waals surface area contributed by atoms with Crippen molar-refractivity contribution in [2.45, 2.75) is 13.8 Å². The van der Waals surface area contributed by atoms with Gasteiger partial charge in [0, 0.05) is 5.69 Å². The number of hydrogen-bond acceptors (Lipinski definition) is 3. The number of aryl methyl sites for hydroxylation is 2. The summed E-state index contributed by atoms with van der Waals surface area (Å²) in [6.45, 7) is 4.12.